The van der Waals surface area contributed by atoms with E-state index in [4.69, 9.17) is 4.74 Å². The van der Waals surface area contributed by atoms with Crippen molar-refractivity contribution in [3.63, 3.8) is 0 Å². The highest BCUT2D eigenvalue weighted by atomic mass is 16.5. The van der Waals surface area contributed by atoms with Gasteiger partial charge in [-0.2, -0.15) is 0 Å². The van der Waals surface area contributed by atoms with Gasteiger partial charge in [0, 0.05) is 65.0 Å². The molecule has 1 aromatic carbocycles. The second-order valence-electron chi connectivity index (χ2n) is 8.31. The molecule has 0 saturated carbocycles. The third-order valence-corrected chi connectivity index (χ3v) is 6.10. The smallest absolute Gasteiger partial charge is 0.176 e. The first-order valence-electron chi connectivity index (χ1n) is 11.2. The number of methoxy groups -OCH3 is 1. The summed E-state index contributed by atoms with van der Waals surface area (Å²) in [7, 11) is 1.76. The molecule has 0 amide bonds. The molecule has 6 nitrogen and oxygen atoms in total. The van der Waals surface area contributed by atoms with E-state index in [1.807, 2.05) is 12.1 Å². The Balaban J connectivity index is 1.33. The van der Waals surface area contributed by atoms with Crippen LogP contribution in [0.5, 0.6) is 0 Å². The lowest BCUT2D eigenvalue weighted by atomic mass is 10.1. The Morgan fingerprint density at radius 3 is 2.24 bits per heavy atom. The van der Waals surface area contributed by atoms with E-state index in [1.165, 1.54) is 37.9 Å². The van der Waals surface area contributed by atoms with Crippen LogP contribution in [0.4, 0.5) is 0 Å². The van der Waals surface area contributed by atoms with Gasteiger partial charge in [0.25, 0.3) is 0 Å². The molecule has 3 rings (SSSR count). The number of nitrogens with zero attached hydrogens (tertiary/aromatic N) is 3. The molecule has 0 radical (unpaired) electrons. The number of hydrogen-bond acceptors (Lipinski definition) is 6. The second kappa shape index (κ2) is 12.4. The van der Waals surface area contributed by atoms with Gasteiger partial charge in [0.05, 0.1) is 13.2 Å². The van der Waals surface area contributed by atoms with Crippen molar-refractivity contribution in [2.75, 3.05) is 79.2 Å². The van der Waals surface area contributed by atoms with Crippen molar-refractivity contribution >= 4 is 5.78 Å². The predicted octanol–water partition coefficient (Wildman–Crippen LogP) is 1.71. The molecule has 0 bridgehead atoms. The van der Waals surface area contributed by atoms with E-state index in [0.717, 1.165) is 64.5 Å². The molecule has 2 heterocycles. The van der Waals surface area contributed by atoms with Gasteiger partial charge in [-0.25, -0.2) is 0 Å². The summed E-state index contributed by atoms with van der Waals surface area (Å²) in [5.41, 5.74) is 2.09. The number of nitrogens with one attached hydrogen (secondary N) is 1. The van der Waals surface area contributed by atoms with Crippen LogP contribution in [0.2, 0.25) is 0 Å². The molecule has 0 spiro atoms. The van der Waals surface area contributed by atoms with E-state index in [1.54, 1.807) is 7.11 Å². The van der Waals surface area contributed by atoms with Gasteiger partial charge in [-0.3, -0.25) is 14.6 Å². The normalized spacial score (nSPS) is 19.5. The molecule has 0 aromatic heterocycles. The molecule has 2 saturated heterocycles. The van der Waals surface area contributed by atoms with Crippen molar-refractivity contribution in [3.8, 4) is 0 Å². The topological polar surface area (TPSA) is 48.1 Å². The van der Waals surface area contributed by atoms with Gasteiger partial charge in [-0.1, -0.05) is 30.7 Å². The monoisotopic (exact) mass is 402 g/mol. The van der Waals surface area contributed by atoms with E-state index >= 15 is 0 Å². The maximum atomic E-state index is 12.4. The molecule has 29 heavy (non-hydrogen) atoms. The minimum atomic E-state index is 0.182. The molecule has 0 aliphatic carbocycles. The molecular weight excluding hydrogens is 364 g/mol. The minimum absolute atomic E-state index is 0.182. The zero-order chi connectivity index (χ0) is 20.3. The summed E-state index contributed by atoms with van der Waals surface area (Å²) in [5.74, 6) is 0.182. The predicted molar refractivity (Wildman–Crippen MR) is 118 cm³/mol. The van der Waals surface area contributed by atoms with Crippen LogP contribution in [0, 0.1) is 0 Å². The molecule has 1 N–H and O–H groups in total. The van der Waals surface area contributed by atoms with Gasteiger partial charge in [0.15, 0.2) is 5.78 Å². The summed E-state index contributed by atoms with van der Waals surface area (Å²) in [4.78, 5) is 19.9. The Labute approximate surface area is 176 Å². The van der Waals surface area contributed by atoms with E-state index in [0.29, 0.717) is 6.54 Å². The van der Waals surface area contributed by atoms with Gasteiger partial charge in [-0.05, 0) is 31.5 Å². The fourth-order valence-electron chi connectivity index (χ4n) is 4.17. The van der Waals surface area contributed by atoms with Crippen LogP contribution in [0.1, 0.15) is 35.2 Å². The Morgan fingerprint density at radius 2 is 1.55 bits per heavy atom. The van der Waals surface area contributed by atoms with Crippen LogP contribution in [0.15, 0.2) is 24.3 Å². The fourth-order valence-corrected chi connectivity index (χ4v) is 4.17. The highest BCUT2D eigenvalue weighted by molar-refractivity contribution is 5.97. The number of carbonyl (C=O) groups excluding carboxylic acids is 1. The maximum absolute atomic E-state index is 12.4. The van der Waals surface area contributed by atoms with Crippen molar-refractivity contribution in [3.05, 3.63) is 35.4 Å². The summed E-state index contributed by atoms with van der Waals surface area (Å²) in [6.07, 6.45) is 3.99. The van der Waals surface area contributed by atoms with Crippen molar-refractivity contribution < 1.29 is 9.53 Å². The first kappa shape index (κ1) is 22.4. The quantitative estimate of drug-likeness (QED) is 0.449. The number of piperazine rings is 1. The molecule has 2 fully saturated rings. The molecule has 0 atom stereocenters. The number of carbonyl (C=O) groups is 1. The standard InChI is InChI=1S/C23H38N4O2/c1-29-18-17-26-13-15-27(16-14-26)20-21-5-7-22(8-6-21)23(28)19-24-9-12-25-10-3-2-4-11-25/h5-8,24H,2-4,9-20H2,1H3. The number of benzene rings is 1. The largest absolute Gasteiger partial charge is 0.383 e. The number of hydrogen-bond donors (Lipinski definition) is 1. The average Bonchev–Trinajstić information content (AvgIpc) is 2.77. The van der Waals surface area contributed by atoms with Gasteiger partial charge >= 0.3 is 0 Å². The summed E-state index contributed by atoms with van der Waals surface area (Å²) < 4.78 is 5.17. The third-order valence-electron chi connectivity index (χ3n) is 6.10. The number of likely N-dealkylation sites (tertiary alicyclic amines) is 1. The molecule has 0 unspecified atom stereocenters. The molecule has 1 aromatic rings. The lowest BCUT2D eigenvalue weighted by Crippen LogP contribution is -2.46. The zero-order valence-electron chi connectivity index (χ0n) is 18.1. The molecule has 162 valence electrons. The Hall–Kier alpha value is -1.31. The highest BCUT2D eigenvalue weighted by Crippen LogP contribution is 2.11. The first-order valence-corrected chi connectivity index (χ1v) is 11.2. The van der Waals surface area contributed by atoms with E-state index in [2.05, 4.69) is 32.1 Å². The van der Waals surface area contributed by atoms with Crippen LogP contribution in [-0.2, 0) is 11.3 Å². The Morgan fingerprint density at radius 1 is 0.897 bits per heavy atom. The van der Waals surface area contributed by atoms with Crippen LogP contribution in [0.3, 0.4) is 0 Å². The lowest BCUT2D eigenvalue weighted by Gasteiger charge is -2.34. The molecule has 2 aliphatic rings. The summed E-state index contributed by atoms with van der Waals surface area (Å²) in [5, 5.41) is 3.32. The molecule has 2 aliphatic heterocycles. The summed E-state index contributed by atoms with van der Waals surface area (Å²) in [6.45, 7) is 11.9. The van der Waals surface area contributed by atoms with Gasteiger partial charge in [0.2, 0.25) is 0 Å². The van der Waals surface area contributed by atoms with Crippen LogP contribution < -0.4 is 5.32 Å². The number of rotatable bonds is 11. The van der Waals surface area contributed by atoms with Crippen molar-refractivity contribution in [2.45, 2.75) is 25.8 Å². The first-order chi connectivity index (χ1) is 14.2. The number of ketones is 1. The van der Waals surface area contributed by atoms with Gasteiger partial charge in [-0.15, -0.1) is 0 Å². The SMILES string of the molecule is COCCN1CCN(Cc2ccc(C(=O)CNCCN3CCCCC3)cc2)CC1. The summed E-state index contributed by atoms with van der Waals surface area (Å²) >= 11 is 0. The van der Waals surface area contributed by atoms with Crippen molar-refractivity contribution in [2.24, 2.45) is 0 Å². The zero-order valence-corrected chi connectivity index (χ0v) is 18.1. The molecule has 6 heteroatoms. The van der Waals surface area contributed by atoms with E-state index < -0.39 is 0 Å². The number of Topliss-reactive ketones (excluding diaryl/α,β-unsaturated/α-hetero) is 1. The van der Waals surface area contributed by atoms with Crippen LogP contribution in [-0.4, -0.2) is 99.6 Å². The average molecular weight is 403 g/mol. The maximum Gasteiger partial charge on any atom is 0.176 e. The fraction of sp³-hybridized carbons (Fsp3) is 0.696. The Kier molecular flexibility index (Phi) is 9.57. The second-order valence-corrected chi connectivity index (χ2v) is 8.31. The van der Waals surface area contributed by atoms with E-state index in [9.17, 15) is 4.79 Å². The minimum Gasteiger partial charge on any atom is -0.383 e. The number of piperidine rings is 1. The van der Waals surface area contributed by atoms with Crippen molar-refractivity contribution in [1.82, 2.24) is 20.0 Å². The lowest BCUT2D eigenvalue weighted by molar-refractivity contribution is 0.0938. The highest BCUT2D eigenvalue weighted by Gasteiger charge is 2.16. The van der Waals surface area contributed by atoms with Gasteiger partial charge in [0.1, 0.15) is 0 Å². The van der Waals surface area contributed by atoms with Crippen LogP contribution >= 0.6 is 0 Å². The van der Waals surface area contributed by atoms with Crippen molar-refractivity contribution in [1.29, 1.82) is 0 Å². The molecular formula is C23H38N4O2. The van der Waals surface area contributed by atoms with Crippen LogP contribution in [0.25, 0.3) is 0 Å². The third kappa shape index (κ3) is 7.79. The van der Waals surface area contributed by atoms with Gasteiger partial charge < -0.3 is 15.0 Å². The summed E-state index contributed by atoms with van der Waals surface area (Å²) in [6, 6.07) is 8.19. The Bertz CT molecular complexity index is 593. The number of ether oxygens (including phenoxy) is 1. The van der Waals surface area contributed by atoms with E-state index in [-0.39, 0.29) is 5.78 Å².